The van der Waals surface area contributed by atoms with E-state index >= 15 is 0 Å². The van der Waals surface area contributed by atoms with E-state index in [-0.39, 0.29) is 12.5 Å². The molecule has 3 amide bonds. The molecule has 0 radical (unpaired) electrons. The third kappa shape index (κ3) is 7.10. The molecule has 0 fully saturated rings. The number of nitrogens with one attached hydrogen (secondary N) is 2. The van der Waals surface area contributed by atoms with Gasteiger partial charge < -0.3 is 15.5 Å². The van der Waals surface area contributed by atoms with Crippen molar-refractivity contribution in [3.63, 3.8) is 0 Å². The first-order valence-corrected chi connectivity index (χ1v) is 9.02. The molecule has 0 saturated carbocycles. The van der Waals surface area contributed by atoms with Crippen LogP contribution in [0.1, 0.15) is 29.8 Å². The Bertz CT molecular complexity index is 828. The van der Waals surface area contributed by atoms with Gasteiger partial charge in [-0.05, 0) is 36.8 Å². The topological polar surface area (TPSA) is 74.3 Å². The van der Waals surface area contributed by atoms with Crippen LogP contribution in [0.3, 0.4) is 0 Å². The highest BCUT2D eigenvalue weighted by Gasteiger charge is 2.30. The van der Waals surface area contributed by atoms with E-state index in [2.05, 4.69) is 15.6 Å². The average Bonchev–Trinajstić information content (AvgIpc) is 2.70. The maximum Gasteiger partial charge on any atom is 0.416 e. The number of nitrogens with zero attached hydrogens (tertiary/aromatic N) is 2. The van der Waals surface area contributed by atoms with Crippen molar-refractivity contribution in [3.8, 4) is 0 Å². The summed E-state index contributed by atoms with van der Waals surface area (Å²) in [5, 5.41) is 4.96. The van der Waals surface area contributed by atoms with Gasteiger partial charge in [0, 0.05) is 31.9 Å². The van der Waals surface area contributed by atoms with E-state index in [0.29, 0.717) is 18.5 Å². The highest BCUT2D eigenvalue weighted by atomic mass is 19.4. The van der Waals surface area contributed by atoms with Crippen LogP contribution in [0.2, 0.25) is 0 Å². The van der Waals surface area contributed by atoms with Crippen LogP contribution in [0.15, 0.2) is 48.7 Å². The summed E-state index contributed by atoms with van der Waals surface area (Å²) in [7, 11) is 1.62. The minimum absolute atomic E-state index is 0.222. The number of alkyl halides is 3. The summed E-state index contributed by atoms with van der Waals surface area (Å²) in [4.78, 5) is 29.8. The van der Waals surface area contributed by atoms with Gasteiger partial charge in [0.1, 0.15) is 0 Å². The summed E-state index contributed by atoms with van der Waals surface area (Å²) in [5.74, 6) is -0.289. The second kappa shape index (κ2) is 9.90. The third-order valence-electron chi connectivity index (χ3n) is 4.32. The molecule has 1 atom stereocenters. The molecule has 1 heterocycles. The minimum Gasteiger partial charge on any atom is -0.344 e. The van der Waals surface area contributed by atoms with E-state index in [1.54, 1.807) is 26.2 Å². The van der Waals surface area contributed by atoms with Crippen molar-refractivity contribution >= 4 is 11.9 Å². The van der Waals surface area contributed by atoms with E-state index < -0.39 is 23.8 Å². The molecule has 2 rings (SSSR count). The molecule has 6 nitrogen and oxygen atoms in total. The number of hydrogen-bond acceptors (Lipinski definition) is 3. The van der Waals surface area contributed by atoms with E-state index in [0.717, 1.165) is 17.8 Å². The van der Waals surface area contributed by atoms with Crippen LogP contribution in [-0.4, -0.2) is 42.0 Å². The molecule has 0 spiro atoms. The molecule has 0 bridgehead atoms. The van der Waals surface area contributed by atoms with Gasteiger partial charge in [0.2, 0.25) is 5.91 Å². The molecular formula is C20H23F3N4O2. The molecule has 0 saturated heterocycles. The predicted octanol–water partition coefficient (Wildman–Crippen LogP) is 3.16. The molecule has 0 aliphatic heterocycles. The molecular weight excluding hydrogens is 385 g/mol. The number of aromatic nitrogens is 1. The molecule has 2 N–H and O–H groups in total. The van der Waals surface area contributed by atoms with Gasteiger partial charge in [-0.15, -0.1) is 0 Å². The van der Waals surface area contributed by atoms with Crippen LogP contribution >= 0.6 is 0 Å². The van der Waals surface area contributed by atoms with Crippen molar-refractivity contribution in [2.45, 2.75) is 25.6 Å². The number of likely N-dealkylation sites (N-methyl/N-ethyl adjacent to an activating group) is 1. The van der Waals surface area contributed by atoms with Gasteiger partial charge in [0.25, 0.3) is 0 Å². The first-order valence-electron chi connectivity index (χ1n) is 9.02. The van der Waals surface area contributed by atoms with Crippen LogP contribution in [0.4, 0.5) is 18.0 Å². The zero-order chi connectivity index (χ0) is 21.4. The molecule has 1 unspecified atom stereocenters. The van der Waals surface area contributed by atoms with Crippen LogP contribution in [0.5, 0.6) is 0 Å². The third-order valence-corrected chi connectivity index (χ3v) is 4.32. The molecule has 0 aliphatic rings. The Morgan fingerprint density at radius 1 is 1.17 bits per heavy atom. The quantitative estimate of drug-likeness (QED) is 0.739. The van der Waals surface area contributed by atoms with Gasteiger partial charge in [-0.25, -0.2) is 4.79 Å². The van der Waals surface area contributed by atoms with Crippen LogP contribution in [-0.2, 0) is 17.4 Å². The minimum atomic E-state index is -4.45. The normalized spacial score (nSPS) is 12.2. The molecule has 2 aromatic rings. The van der Waals surface area contributed by atoms with Crippen molar-refractivity contribution in [3.05, 3.63) is 65.5 Å². The van der Waals surface area contributed by atoms with Crippen LogP contribution in [0, 0.1) is 0 Å². The standard InChI is InChI=1S/C20H23F3N4O2/c1-14(15-6-5-7-16(12-15)20(21,22)23)26-19(29)25-13-18(28)27(2)11-9-17-8-3-4-10-24-17/h3-8,10,12,14H,9,11,13H2,1-2H3,(H2,25,26,29). The average molecular weight is 408 g/mol. The Balaban J connectivity index is 1.79. The molecule has 0 aliphatic carbocycles. The number of halogens is 3. The van der Waals surface area contributed by atoms with Crippen molar-refractivity contribution in [2.75, 3.05) is 20.1 Å². The van der Waals surface area contributed by atoms with Crippen molar-refractivity contribution < 1.29 is 22.8 Å². The second-order valence-electron chi connectivity index (χ2n) is 6.56. The summed E-state index contributed by atoms with van der Waals surface area (Å²) in [5.41, 5.74) is 0.385. The van der Waals surface area contributed by atoms with Gasteiger partial charge >= 0.3 is 12.2 Å². The van der Waals surface area contributed by atoms with E-state index in [4.69, 9.17) is 0 Å². The first kappa shape index (κ1) is 22.2. The van der Waals surface area contributed by atoms with E-state index in [1.165, 1.54) is 17.0 Å². The maximum atomic E-state index is 12.8. The summed E-state index contributed by atoms with van der Waals surface area (Å²) >= 11 is 0. The lowest BCUT2D eigenvalue weighted by molar-refractivity contribution is -0.137. The molecule has 156 valence electrons. The van der Waals surface area contributed by atoms with Gasteiger partial charge in [0.15, 0.2) is 0 Å². The zero-order valence-corrected chi connectivity index (χ0v) is 16.2. The lowest BCUT2D eigenvalue weighted by Gasteiger charge is -2.19. The molecule has 9 heteroatoms. The summed E-state index contributed by atoms with van der Waals surface area (Å²) in [6.45, 7) is 1.79. The number of urea groups is 1. The fraction of sp³-hybridized carbons (Fsp3) is 0.350. The fourth-order valence-corrected chi connectivity index (χ4v) is 2.56. The number of carbonyl (C=O) groups excluding carboxylic acids is 2. The number of amides is 3. The highest BCUT2D eigenvalue weighted by Crippen LogP contribution is 2.30. The van der Waals surface area contributed by atoms with Gasteiger partial charge in [-0.1, -0.05) is 18.2 Å². The van der Waals surface area contributed by atoms with Gasteiger partial charge in [-0.3, -0.25) is 9.78 Å². The summed E-state index contributed by atoms with van der Waals surface area (Å²) < 4.78 is 38.4. The Kier molecular flexibility index (Phi) is 7.58. The molecule has 1 aromatic heterocycles. The van der Waals surface area contributed by atoms with Crippen LogP contribution in [0.25, 0.3) is 0 Å². The number of rotatable bonds is 7. The number of hydrogen-bond donors (Lipinski definition) is 2. The number of pyridine rings is 1. The fourth-order valence-electron chi connectivity index (χ4n) is 2.56. The molecule has 1 aromatic carbocycles. The van der Waals surface area contributed by atoms with Crippen LogP contribution < -0.4 is 10.6 Å². The van der Waals surface area contributed by atoms with Crippen molar-refractivity contribution in [1.82, 2.24) is 20.5 Å². The largest absolute Gasteiger partial charge is 0.416 e. The predicted molar refractivity (Wildman–Crippen MR) is 102 cm³/mol. The monoisotopic (exact) mass is 408 g/mol. The Morgan fingerprint density at radius 2 is 1.93 bits per heavy atom. The molecule has 29 heavy (non-hydrogen) atoms. The second-order valence-corrected chi connectivity index (χ2v) is 6.56. The van der Waals surface area contributed by atoms with Gasteiger partial charge in [-0.2, -0.15) is 13.2 Å². The smallest absolute Gasteiger partial charge is 0.344 e. The Hall–Kier alpha value is -3.10. The Labute approximate surface area is 167 Å². The maximum absolute atomic E-state index is 12.8. The number of carbonyl (C=O) groups is 2. The number of benzene rings is 1. The van der Waals surface area contributed by atoms with Crippen molar-refractivity contribution in [2.24, 2.45) is 0 Å². The van der Waals surface area contributed by atoms with E-state index in [1.807, 2.05) is 12.1 Å². The lowest BCUT2D eigenvalue weighted by Crippen LogP contribution is -2.43. The van der Waals surface area contributed by atoms with E-state index in [9.17, 15) is 22.8 Å². The van der Waals surface area contributed by atoms with Crippen molar-refractivity contribution in [1.29, 1.82) is 0 Å². The summed E-state index contributed by atoms with van der Waals surface area (Å²) in [6, 6.07) is 8.97. The Morgan fingerprint density at radius 3 is 2.59 bits per heavy atom. The first-order chi connectivity index (χ1) is 13.7. The van der Waals surface area contributed by atoms with Gasteiger partial charge in [0.05, 0.1) is 18.2 Å². The lowest BCUT2D eigenvalue weighted by atomic mass is 10.1. The zero-order valence-electron chi connectivity index (χ0n) is 16.2. The highest BCUT2D eigenvalue weighted by molar-refractivity contribution is 5.84. The summed E-state index contributed by atoms with van der Waals surface area (Å²) in [6.07, 6.45) is -2.19. The SMILES string of the molecule is CC(NC(=O)NCC(=O)N(C)CCc1ccccn1)c1cccc(C(F)(F)F)c1.